The number of likely N-dealkylation sites (N-methyl/N-ethyl adjacent to an activating group) is 1. The van der Waals surface area contributed by atoms with Crippen LogP contribution in [0.4, 0.5) is 23.7 Å². The van der Waals surface area contributed by atoms with Gasteiger partial charge in [-0.25, -0.2) is 4.79 Å². The molecule has 1 amide bonds. The normalized spacial score (nSPS) is 27.7. The molecule has 0 radical (unpaired) electrons. The Morgan fingerprint density at radius 1 is 1.11 bits per heavy atom. The molecule has 9 heteroatoms. The maximum absolute atomic E-state index is 12.8. The molecular weight excluding hydrogens is 457 g/mol. The Morgan fingerprint density at radius 3 is 2.49 bits per heavy atom. The molecule has 4 aliphatic rings. The highest BCUT2D eigenvalue weighted by Gasteiger charge is 2.46. The average Bonchev–Trinajstić information content (AvgIpc) is 3.48. The standard InChI is InChI=1S/C26H37F3N4O2/c1-18-11-20(13-21(12-18)33-17-22-14-23(33)16-30(22)3)15-32-8-4-5-25(32)6-9-31(10-7-25)24(34)35-19(2)26(27,28)29/h11-13,19,22-23H,4-10,14-17H2,1-3H3. The number of piperidine rings is 1. The molecule has 1 aromatic rings. The second-order valence-corrected chi connectivity index (χ2v) is 11.1. The first-order valence-electron chi connectivity index (χ1n) is 12.9. The minimum absolute atomic E-state index is 0.00571. The Kier molecular flexibility index (Phi) is 6.45. The zero-order chi connectivity index (χ0) is 25.0. The van der Waals surface area contributed by atoms with Crippen molar-refractivity contribution < 1.29 is 22.7 Å². The lowest BCUT2D eigenvalue weighted by Crippen LogP contribution is -2.53. The number of likely N-dealkylation sites (tertiary alicyclic amines) is 3. The molecule has 35 heavy (non-hydrogen) atoms. The van der Waals surface area contributed by atoms with Crippen molar-refractivity contribution in [2.75, 3.05) is 44.7 Å². The van der Waals surface area contributed by atoms with Crippen LogP contribution in [0.2, 0.25) is 0 Å². The molecule has 4 heterocycles. The van der Waals surface area contributed by atoms with Crippen LogP contribution in [0.5, 0.6) is 0 Å². The van der Waals surface area contributed by atoms with Gasteiger partial charge in [-0.2, -0.15) is 13.2 Å². The summed E-state index contributed by atoms with van der Waals surface area (Å²) in [6, 6.07) is 8.19. The van der Waals surface area contributed by atoms with Gasteiger partial charge in [0.05, 0.1) is 0 Å². The molecule has 3 unspecified atom stereocenters. The number of hydrogen-bond donors (Lipinski definition) is 0. The van der Waals surface area contributed by atoms with E-state index in [0.29, 0.717) is 25.2 Å². The average molecular weight is 495 g/mol. The van der Waals surface area contributed by atoms with Gasteiger partial charge >= 0.3 is 12.3 Å². The van der Waals surface area contributed by atoms with Crippen molar-refractivity contribution in [2.45, 2.75) is 82.4 Å². The maximum Gasteiger partial charge on any atom is 0.425 e. The number of anilines is 1. The Morgan fingerprint density at radius 2 is 1.86 bits per heavy atom. The van der Waals surface area contributed by atoms with E-state index in [9.17, 15) is 18.0 Å². The summed E-state index contributed by atoms with van der Waals surface area (Å²) in [5.74, 6) is 0. The number of benzene rings is 1. The van der Waals surface area contributed by atoms with E-state index in [1.807, 2.05) is 0 Å². The summed E-state index contributed by atoms with van der Waals surface area (Å²) in [6.45, 7) is 8.01. The Bertz CT molecular complexity index is 945. The second kappa shape index (κ2) is 9.14. The first-order valence-corrected chi connectivity index (χ1v) is 12.9. The molecule has 0 aromatic heterocycles. The highest BCUT2D eigenvalue weighted by molar-refractivity contribution is 5.68. The monoisotopic (exact) mass is 494 g/mol. The molecule has 194 valence electrons. The largest absolute Gasteiger partial charge is 0.437 e. The van der Waals surface area contributed by atoms with Gasteiger partial charge < -0.3 is 14.5 Å². The molecule has 2 bridgehead atoms. The van der Waals surface area contributed by atoms with Crippen LogP contribution in [-0.2, 0) is 11.3 Å². The summed E-state index contributed by atoms with van der Waals surface area (Å²) in [7, 11) is 2.22. The van der Waals surface area contributed by atoms with Crippen molar-refractivity contribution in [3.8, 4) is 0 Å². The fourth-order valence-electron chi connectivity index (χ4n) is 6.71. The van der Waals surface area contributed by atoms with E-state index in [1.54, 1.807) is 0 Å². The van der Waals surface area contributed by atoms with Crippen molar-refractivity contribution in [1.29, 1.82) is 0 Å². The molecule has 1 aromatic carbocycles. The highest BCUT2D eigenvalue weighted by Crippen LogP contribution is 2.40. The number of hydrogen-bond acceptors (Lipinski definition) is 5. The fourth-order valence-corrected chi connectivity index (χ4v) is 6.71. The minimum Gasteiger partial charge on any atom is -0.437 e. The van der Waals surface area contributed by atoms with E-state index >= 15 is 0 Å². The van der Waals surface area contributed by atoms with Crippen LogP contribution >= 0.6 is 0 Å². The zero-order valence-electron chi connectivity index (χ0n) is 21.0. The molecule has 0 saturated carbocycles. The topological polar surface area (TPSA) is 39.3 Å². The van der Waals surface area contributed by atoms with E-state index in [1.165, 1.54) is 28.1 Å². The van der Waals surface area contributed by atoms with Gasteiger partial charge in [-0.15, -0.1) is 0 Å². The minimum atomic E-state index is -4.54. The number of carbonyl (C=O) groups excluding carboxylic acids is 1. The predicted octanol–water partition coefficient (Wildman–Crippen LogP) is 4.41. The number of fused-ring (bicyclic) bond motifs is 2. The number of rotatable bonds is 4. The molecule has 6 nitrogen and oxygen atoms in total. The first-order chi connectivity index (χ1) is 16.5. The van der Waals surface area contributed by atoms with E-state index < -0.39 is 18.4 Å². The number of ether oxygens (including phenoxy) is 1. The quantitative estimate of drug-likeness (QED) is 0.620. The number of nitrogens with zero attached hydrogens (tertiary/aromatic N) is 4. The van der Waals surface area contributed by atoms with Crippen molar-refractivity contribution in [1.82, 2.24) is 14.7 Å². The van der Waals surface area contributed by atoms with Gasteiger partial charge in [-0.05, 0) is 82.8 Å². The van der Waals surface area contributed by atoms with Crippen LogP contribution in [0.25, 0.3) is 0 Å². The first kappa shape index (κ1) is 24.7. The molecular formula is C26H37F3N4O2. The fraction of sp³-hybridized carbons (Fsp3) is 0.731. The third-order valence-electron chi connectivity index (χ3n) is 8.77. The Hall–Kier alpha value is -2.00. The van der Waals surface area contributed by atoms with Crippen molar-refractivity contribution in [3.05, 3.63) is 29.3 Å². The third kappa shape index (κ3) is 4.86. The summed E-state index contributed by atoms with van der Waals surface area (Å²) < 4.78 is 43.0. The van der Waals surface area contributed by atoms with Crippen LogP contribution in [0.1, 0.15) is 50.2 Å². The van der Waals surface area contributed by atoms with E-state index in [2.05, 4.69) is 51.6 Å². The Labute approximate surface area is 206 Å². The van der Waals surface area contributed by atoms with Crippen LogP contribution < -0.4 is 4.90 Å². The van der Waals surface area contributed by atoms with Crippen molar-refractivity contribution >= 4 is 11.8 Å². The van der Waals surface area contributed by atoms with Gasteiger partial charge in [-0.1, -0.05) is 6.07 Å². The smallest absolute Gasteiger partial charge is 0.425 e. The number of halogens is 3. The number of carbonyl (C=O) groups is 1. The lowest BCUT2D eigenvalue weighted by atomic mass is 9.85. The third-order valence-corrected chi connectivity index (χ3v) is 8.77. The SMILES string of the molecule is Cc1cc(CN2CCCC23CCN(C(=O)OC(C)C(F)(F)F)CC3)cc(N2CC3CC2CN3C)c1. The molecule has 5 rings (SSSR count). The summed E-state index contributed by atoms with van der Waals surface area (Å²) in [5, 5.41) is 0. The van der Waals surface area contributed by atoms with Gasteiger partial charge in [-0.3, -0.25) is 9.80 Å². The van der Waals surface area contributed by atoms with Gasteiger partial charge in [0.2, 0.25) is 0 Å². The maximum atomic E-state index is 12.8. The van der Waals surface area contributed by atoms with Gasteiger partial charge in [0.25, 0.3) is 0 Å². The number of aryl methyl sites for hydroxylation is 1. The number of alkyl halides is 3. The molecule has 4 fully saturated rings. The zero-order valence-corrected chi connectivity index (χ0v) is 21.0. The lowest BCUT2D eigenvalue weighted by molar-refractivity contribution is -0.200. The van der Waals surface area contributed by atoms with Gasteiger partial charge in [0.15, 0.2) is 6.10 Å². The molecule has 3 atom stereocenters. The van der Waals surface area contributed by atoms with Crippen LogP contribution in [0, 0.1) is 6.92 Å². The number of amides is 1. The van der Waals surface area contributed by atoms with Crippen LogP contribution in [-0.4, -0.2) is 90.5 Å². The summed E-state index contributed by atoms with van der Waals surface area (Å²) >= 11 is 0. The van der Waals surface area contributed by atoms with E-state index in [-0.39, 0.29) is 5.54 Å². The lowest BCUT2D eigenvalue weighted by Gasteiger charge is -2.45. The van der Waals surface area contributed by atoms with Crippen LogP contribution in [0.15, 0.2) is 18.2 Å². The van der Waals surface area contributed by atoms with Crippen molar-refractivity contribution in [3.63, 3.8) is 0 Å². The summed E-state index contributed by atoms with van der Waals surface area (Å²) in [6.07, 6.45) is -2.53. The molecule has 4 aliphatic heterocycles. The van der Waals surface area contributed by atoms with Gasteiger partial charge in [0, 0.05) is 56.0 Å². The van der Waals surface area contributed by atoms with Gasteiger partial charge in [0.1, 0.15) is 0 Å². The summed E-state index contributed by atoms with van der Waals surface area (Å²) in [4.78, 5) is 21.3. The van der Waals surface area contributed by atoms with Crippen molar-refractivity contribution in [2.24, 2.45) is 0 Å². The van der Waals surface area contributed by atoms with E-state index in [0.717, 1.165) is 58.8 Å². The molecule has 0 aliphatic carbocycles. The Balaban J connectivity index is 1.23. The molecule has 4 saturated heterocycles. The summed E-state index contributed by atoms with van der Waals surface area (Å²) in [5.41, 5.74) is 3.92. The molecule has 0 N–H and O–H groups in total. The van der Waals surface area contributed by atoms with E-state index in [4.69, 9.17) is 0 Å². The second-order valence-electron chi connectivity index (χ2n) is 11.1. The highest BCUT2D eigenvalue weighted by atomic mass is 19.4. The molecule has 1 spiro atoms. The van der Waals surface area contributed by atoms with Crippen LogP contribution in [0.3, 0.4) is 0 Å². The predicted molar refractivity (Wildman–Crippen MR) is 129 cm³/mol. The number of piperazine rings is 1.